The van der Waals surface area contributed by atoms with Crippen molar-refractivity contribution < 1.29 is 18.1 Å². The van der Waals surface area contributed by atoms with Crippen LogP contribution in [0.4, 0.5) is 4.39 Å². The van der Waals surface area contributed by atoms with Gasteiger partial charge in [-0.3, -0.25) is 4.79 Å². The second kappa shape index (κ2) is 6.24. The number of nitrogens with zero attached hydrogens (tertiary/aromatic N) is 1. The van der Waals surface area contributed by atoms with Gasteiger partial charge in [0.2, 0.25) is 5.76 Å². The first-order valence-electron chi connectivity index (χ1n) is 7.67. The SMILES string of the molecule is O=C(NCc1cc(-c2cc3ccccc3o2)on1)c1cccc(F)c1. The maximum absolute atomic E-state index is 13.2. The van der Waals surface area contributed by atoms with Crippen LogP contribution in [0.15, 0.2) is 69.6 Å². The van der Waals surface area contributed by atoms with Crippen molar-refractivity contribution in [3.8, 4) is 11.5 Å². The van der Waals surface area contributed by atoms with Crippen LogP contribution in [-0.2, 0) is 6.54 Å². The molecule has 0 fully saturated rings. The van der Waals surface area contributed by atoms with Crippen molar-refractivity contribution in [1.82, 2.24) is 10.5 Å². The molecular weight excluding hydrogens is 323 g/mol. The number of halogens is 1. The molecule has 2 heterocycles. The van der Waals surface area contributed by atoms with Gasteiger partial charge in [0, 0.05) is 17.0 Å². The molecule has 0 saturated heterocycles. The van der Waals surface area contributed by atoms with E-state index >= 15 is 0 Å². The van der Waals surface area contributed by atoms with E-state index < -0.39 is 5.82 Å². The summed E-state index contributed by atoms with van der Waals surface area (Å²) in [4.78, 5) is 12.0. The van der Waals surface area contributed by atoms with Crippen LogP contribution < -0.4 is 5.32 Å². The molecule has 2 aromatic carbocycles. The number of rotatable bonds is 4. The second-order valence-corrected chi connectivity index (χ2v) is 5.52. The van der Waals surface area contributed by atoms with E-state index in [1.807, 2.05) is 30.3 Å². The number of carbonyl (C=O) groups excluding carboxylic acids is 1. The van der Waals surface area contributed by atoms with Crippen LogP contribution in [0.1, 0.15) is 16.1 Å². The number of nitrogens with one attached hydrogen (secondary N) is 1. The lowest BCUT2D eigenvalue weighted by Gasteiger charge is -2.02. The summed E-state index contributed by atoms with van der Waals surface area (Å²) in [5.41, 5.74) is 1.55. The molecule has 1 amide bonds. The third-order valence-corrected chi connectivity index (χ3v) is 3.74. The molecule has 5 nitrogen and oxygen atoms in total. The van der Waals surface area contributed by atoms with E-state index in [1.165, 1.54) is 18.2 Å². The number of benzene rings is 2. The summed E-state index contributed by atoms with van der Waals surface area (Å²) < 4.78 is 24.1. The minimum absolute atomic E-state index is 0.166. The minimum atomic E-state index is -0.457. The molecule has 1 N–H and O–H groups in total. The van der Waals surface area contributed by atoms with Crippen molar-refractivity contribution in [3.63, 3.8) is 0 Å². The highest BCUT2D eigenvalue weighted by Gasteiger charge is 2.13. The molecule has 0 radical (unpaired) electrons. The molecule has 6 heteroatoms. The van der Waals surface area contributed by atoms with Crippen molar-refractivity contribution in [1.29, 1.82) is 0 Å². The van der Waals surface area contributed by atoms with Gasteiger partial charge in [-0.1, -0.05) is 29.4 Å². The molecule has 0 bridgehead atoms. The molecule has 0 atom stereocenters. The van der Waals surface area contributed by atoms with Crippen LogP contribution in [0, 0.1) is 5.82 Å². The van der Waals surface area contributed by atoms with Gasteiger partial charge >= 0.3 is 0 Å². The maximum Gasteiger partial charge on any atom is 0.251 e. The summed E-state index contributed by atoms with van der Waals surface area (Å²) in [6.45, 7) is 0.166. The van der Waals surface area contributed by atoms with E-state index in [0.29, 0.717) is 17.2 Å². The molecule has 4 rings (SSSR count). The second-order valence-electron chi connectivity index (χ2n) is 5.52. The number of hydrogen-bond donors (Lipinski definition) is 1. The molecule has 25 heavy (non-hydrogen) atoms. The lowest BCUT2D eigenvalue weighted by Crippen LogP contribution is -2.22. The van der Waals surface area contributed by atoms with E-state index in [9.17, 15) is 9.18 Å². The summed E-state index contributed by atoms with van der Waals surface area (Å²) in [6, 6.07) is 16.7. The normalized spacial score (nSPS) is 10.9. The molecule has 124 valence electrons. The predicted molar refractivity (Wildman–Crippen MR) is 89.3 cm³/mol. The Hall–Kier alpha value is -3.41. The molecule has 0 aliphatic rings. The summed E-state index contributed by atoms with van der Waals surface area (Å²) in [5, 5.41) is 7.56. The third kappa shape index (κ3) is 3.14. The van der Waals surface area contributed by atoms with Gasteiger partial charge in [0.1, 0.15) is 17.1 Å². The lowest BCUT2D eigenvalue weighted by molar-refractivity contribution is 0.0949. The largest absolute Gasteiger partial charge is 0.453 e. The number of hydrogen-bond acceptors (Lipinski definition) is 4. The van der Waals surface area contributed by atoms with Gasteiger partial charge in [-0.2, -0.15) is 0 Å². The molecule has 0 aliphatic carbocycles. The zero-order chi connectivity index (χ0) is 17.2. The number of aromatic nitrogens is 1. The molecule has 4 aromatic rings. The molecule has 0 unspecified atom stereocenters. The average molecular weight is 336 g/mol. The maximum atomic E-state index is 13.2. The zero-order valence-electron chi connectivity index (χ0n) is 13.0. The van der Waals surface area contributed by atoms with Crippen molar-refractivity contribution in [2.45, 2.75) is 6.54 Å². The Morgan fingerprint density at radius 2 is 1.92 bits per heavy atom. The Morgan fingerprint density at radius 3 is 2.76 bits per heavy atom. The Bertz CT molecular complexity index is 1020. The Labute approximate surface area is 142 Å². The van der Waals surface area contributed by atoms with Crippen LogP contribution in [-0.4, -0.2) is 11.1 Å². The van der Waals surface area contributed by atoms with Gasteiger partial charge in [-0.25, -0.2) is 4.39 Å². The van der Waals surface area contributed by atoms with Crippen LogP contribution in [0.3, 0.4) is 0 Å². The van der Waals surface area contributed by atoms with Crippen molar-refractivity contribution in [3.05, 3.63) is 77.7 Å². The van der Waals surface area contributed by atoms with Gasteiger partial charge in [-0.05, 0) is 30.3 Å². The summed E-state index contributed by atoms with van der Waals surface area (Å²) in [5.74, 6) is 0.205. The number of furan rings is 1. The average Bonchev–Trinajstić information content (AvgIpc) is 3.26. The van der Waals surface area contributed by atoms with Crippen molar-refractivity contribution in [2.75, 3.05) is 0 Å². The molecular formula is C19H13FN2O3. The third-order valence-electron chi connectivity index (χ3n) is 3.74. The van der Waals surface area contributed by atoms with Crippen LogP contribution in [0.5, 0.6) is 0 Å². The highest BCUT2D eigenvalue weighted by atomic mass is 19.1. The number of carbonyl (C=O) groups is 1. The van der Waals surface area contributed by atoms with Crippen LogP contribution >= 0.6 is 0 Å². The van der Waals surface area contributed by atoms with Crippen LogP contribution in [0.2, 0.25) is 0 Å². The minimum Gasteiger partial charge on any atom is -0.453 e. The van der Waals surface area contributed by atoms with E-state index in [2.05, 4.69) is 10.5 Å². The van der Waals surface area contributed by atoms with Gasteiger partial charge in [-0.15, -0.1) is 0 Å². The number of para-hydroxylation sites is 1. The first-order chi connectivity index (χ1) is 12.2. The predicted octanol–water partition coefficient (Wildman–Crippen LogP) is 4.16. The van der Waals surface area contributed by atoms with E-state index in [0.717, 1.165) is 11.0 Å². The zero-order valence-corrected chi connectivity index (χ0v) is 13.0. The fraction of sp³-hybridized carbons (Fsp3) is 0.0526. The van der Waals surface area contributed by atoms with Gasteiger partial charge in [0.25, 0.3) is 5.91 Å². The van der Waals surface area contributed by atoms with E-state index in [1.54, 1.807) is 12.1 Å². The molecule has 0 aliphatic heterocycles. The topological polar surface area (TPSA) is 68.3 Å². The lowest BCUT2D eigenvalue weighted by atomic mass is 10.2. The van der Waals surface area contributed by atoms with E-state index in [-0.39, 0.29) is 18.0 Å². The number of fused-ring (bicyclic) bond motifs is 1. The van der Waals surface area contributed by atoms with Gasteiger partial charge in [0.15, 0.2) is 5.76 Å². The molecule has 0 spiro atoms. The Morgan fingerprint density at radius 1 is 1.04 bits per heavy atom. The molecule has 0 saturated carbocycles. The van der Waals surface area contributed by atoms with Crippen molar-refractivity contribution >= 4 is 16.9 Å². The summed E-state index contributed by atoms with van der Waals surface area (Å²) in [7, 11) is 0. The first kappa shape index (κ1) is 15.1. The van der Waals surface area contributed by atoms with E-state index in [4.69, 9.17) is 8.94 Å². The quantitative estimate of drug-likeness (QED) is 0.608. The van der Waals surface area contributed by atoms with Crippen molar-refractivity contribution in [2.24, 2.45) is 0 Å². The Balaban J connectivity index is 1.47. The molecule has 2 aromatic heterocycles. The summed E-state index contributed by atoms with van der Waals surface area (Å²) >= 11 is 0. The standard InChI is InChI=1S/C19H13FN2O3/c20-14-6-3-5-13(8-14)19(23)21-11-15-10-18(25-22-15)17-9-12-4-1-2-7-16(12)24-17/h1-10H,11H2,(H,21,23). The fourth-order valence-electron chi connectivity index (χ4n) is 2.52. The highest BCUT2D eigenvalue weighted by Crippen LogP contribution is 2.28. The number of amides is 1. The van der Waals surface area contributed by atoms with Gasteiger partial charge < -0.3 is 14.3 Å². The van der Waals surface area contributed by atoms with Crippen LogP contribution in [0.25, 0.3) is 22.5 Å². The Kier molecular flexibility index (Phi) is 3.78. The monoisotopic (exact) mass is 336 g/mol. The smallest absolute Gasteiger partial charge is 0.251 e. The fourth-order valence-corrected chi connectivity index (χ4v) is 2.52. The first-order valence-corrected chi connectivity index (χ1v) is 7.67. The van der Waals surface area contributed by atoms with Gasteiger partial charge in [0.05, 0.1) is 6.54 Å². The summed E-state index contributed by atoms with van der Waals surface area (Å²) in [6.07, 6.45) is 0. The highest BCUT2D eigenvalue weighted by molar-refractivity contribution is 5.94.